The van der Waals surface area contributed by atoms with Crippen molar-refractivity contribution in [2.24, 2.45) is 5.73 Å². The van der Waals surface area contributed by atoms with Gasteiger partial charge in [-0.25, -0.2) is 9.97 Å². The van der Waals surface area contributed by atoms with Gasteiger partial charge in [0.05, 0.1) is 21.8 Å². The molecule has 0 saturated carbocycles. The van der Waals surface area contributed by atoms with E-state index in [0.717, 1.165) is 0 Å². The van der Waals surface area contributed by atoms with E-state index in [2.05, 4.69) is 26.3 Å². The zero-order chi connectivity index (χ0) is 17.7. The lowest BCUT2D eigenvalue weighted by Gasteiger charge is -2.27. The summed E-state index contributed by atoms with van der Waals surface area (Å²) in [5, 5.41) is 22.0. The molecule has 0 bridgehead atoms. The monoisotopic (exact) mass is 326 g/mol. The molecule has 1 unspecified atom stereocenters. The Labute approximate surface area is 132 Å². The molecule has 1 aliphatic heterocycles. The molecule has 0 amide bonds. The summed E-state index contributed by atoms with van der Waals surface area (Å²) < 4.78 is 21.6. The zero-order valence-electron chi connectivity index (χ0n) is 13.0. The van der Waals surface area contributed by atoms with Crippen molar-refractivity contribution in [3.05, 3.63) is 12.5 Å². The third-order valence-electron chi connectivity index (χ3n) is 3.44. The number of nitrogens with two attached hydrogens (primary N) is 2. The molecule has 1 saturated heterocycles. The van der Waals surface area contributed by atoms with Gasteiger partial charge in [0, 0.05) is 5.38 Å². The number of imidazole rings is 1. The Morgan fingerprint density at radius 3 is 3.05 bits per heavy atom. The Balaban J connectivity index is 2.16. The summed E-state index contributed by atoms with van der Waals surface area (Å²) in [5.41, 5.74) is 10.5. The van der Waals surface area contributed by atoms with Crippen molar-refractivity contribution in [1.29, 1.82) is 0 Å². The molecular formula is C12H13ClN6O3. The van der Waals surface area contributed by atoms with E-state index in [1.54, 1.807) is 0 Å². The van der Waals surface area contributed by atoms with Crippen LogP contribution in [0.15, 0.2) is 12.5 Å². The third kappa shape index (κ3) is 2.09. The largest absolute Gasteiger partial charge is 0.394 e. The summed E-state index contributed by atoms with van der Waals surface area (Å²) in [6.45, 7) is -2.86. The van der Waals surface area contributed by atoms with E-state index in [4.69, 9.17) is 30.5 Å². The summed E-state index contributed by atoms with van der Waals surface area (Å²) >= 11 is 5.43. The minimum atomic E-state index is -2.86. The number of hydrogen-bond acceptors (Lipinski definition) is 8. The van der Waals surface area contributed by atoms with Crippen LogP contribution in [0.25, 0.3) is 11.2 Å². The first-order valence-corrected chi connectivity index (χ1v) is 6.49. The topological polar surface area (TPSA) is 145 Å². The molecule has 9 nitrogen and oxygen atoms in total. The molecule has 10 heteroatoms. The number of hydrogen-bond donors (Lipinski definition) is 4. The zero-order valence-corrected chi connectivity index (χ0v) is 11.8. The van der Waals surface area contributed by atoms with Gasteiger partial charge in [0.2, 0.25) is 5.95 Å². The Morgan fingerprint density at radius 2 is 2.36 bits per heavy atom. The van der Waals surface area contributed by atoms with Crippen molar-refractivity contribution in [3.8, 4) is 11.3 Å². The van der Waals surface area contributed by atoms with E-state index in [1.165, 1.54) is 17.1 Å². The Kier molecular flexibility index (Phi) is 3.06. The highest BCUT2D eigenvalue weighted by atomic mass is 35.5. The molecule has 4 atom stereocenters. The van der Waals surface area contributed by atoms with Gasteiger partial charge in [0.15, 0.2) is 17.4 Å². The van der Waals surface area contributed by atoms with E-state index in [0.29, 0.717) is 5.52 Å². The lowest BCUT2D eigenvalue weighted by atomic mass is 9.92. The van der Waals surface area contributed by atoms with Crippen LogP contribution < -0.4 is 11.5 Å². The molecule has 22 heavy (non-hydrogen) atoms. The van der Waals surface area contributed by atoms with Gasteiger partial charge in [-0.15, -0.1) is 0 Å². The van der Waals surface area contributed by atoms with Crippen molar-refractivity contribution >= 4 is 28.7 Å². The minimum Gasteiger partial charge on any atom is -0.394 e. The summed E-state index contributed by atoms with van der Waals surface area (Å²) in [6, 6.07) is 0. The Morgan fingerprint density at radius 1 is 1.59 bits per heavy atom. The average Bonchev–Trinajstić information content (AvgIpc) is 2.99. The van der Waals surface area contributed by atoms with E-state index < -0.39 is 30.5 Å². The number of halogens is 1. The normalized spacial score (nSPS) is 33.2. The standard InChI is InChI=1S/C12H13ClN6O3/c13-2-1-12(15)8(21)7(4-20)22-10(12)19-5-17-6-3-16-11(14)18-9(6)19/h3,5,7-8,10,20-21H,4,15H2,(H2,14,16,18)/t7-,8+,10-,12?/m1/s1/i4D2. The predicted octanol–water partition coefficient (Wildman–Crippen LogP) is -1.44. The Hall–Kier alpha value is -1.96. The summed E-state index contributed by atoms with van der Waals surface area (Å²) in [5.74, 6) is 2.38. The van der Waals surface area contributed by atoms with Crippen molar-refractivity contribution in [2.45, 2.75) is 24.0 Å². The average molecular weight is 327 g/mol. The fourth-order valence-electron chi connectivity index (χ4n) is 2.35. The molecule has 6 N–H and O–H groups in total. The number of anilines is 1. The second-order valence-electron chi connectivity index (χ2n) is 4.72. The molecule has 2 aromatic rings. The molecule has 116 valence electrons. The molecule has 1 aliphatic rings. The predicted molar refractivity (Wildman–Crippen MR) is 77.3 cm³/mol. The highest BCUT2D eigenvalue weighted by Crippen LogP contribution is 2.37. The van der Waals surface area contributed by atoms with Gasteiger partial charge in [0.25, 0.3) is 0 Å². The number of nitrogen functional groups attached to an aromatic ring is 1. The first kappa shape index (κ1) is 12.6. The second-order valence-corrected chi connectivity index (χ2v) is 4.91. The smallest absolute Gasteiger partial charge is 0.222 e. The molecule has 0 aliphatic carbocycles. The van der Waals surface area contributed by atoms with Gasteiger partial charge < -0.3 is 26.4 Å². The first-order chi connectivity index (χ1) is 11.2. The van der Waals surface area contributed by atoms with Crippen LogP contribution in [0, 0.1) is 11.3 Å². The van der Waals surface area contributed by atoms with Crippen molar-refractivity contribution in [2.75, 3.05) is 12.3 Å². The van der Waals surface area contributed by atoms with Crippen LogP contribution in [0.5, 0.6) is 0 Å². The SMILES string of the molecule is [2H]C([2H])(O)[C@H]1O[C@@H](n2cnc3cnc(N)nc32)C(N)(C#CCl)[C@H]1O. The van der Waals surface area contributed by atoms with Gasteiger partial charge in [0.1, 0.15) is 17.7 Å². The van der Waals surface area contributed by atoms with Crippen molar-refractivity contribution in [1.82, 2.24) is 19.5 Å². The highest BCUT2D eigenvalue weighted by Gasteiger charge is 2.54. The fraction of sp³-hybridized carbons (Fsp3) is 0.417. The summed E-state index contributed by atoms with van der Waals surface area (Å²) in [6.07, 6.45) is -1.88. The van der Waals surface area contributed by atoms with E-state index >= 15 is 0 Å². The number of aromatic nitrogens is 4. The number of rotatable bonds is 2. The Bertz CT molecular complexity index is 847. The maximum Gasteiger partial charge on any atom is 0.222 e. The van der Waals surface area contributed by atoms with Crippen LogP contribution in [0.2, 0.25) is 0 Å². The van der Waals surface area contributed by atoms with Crippen LogP contribution >= 0.6 is 11.6 Å². The maximum absolute atomic E-state index is 10.4. The van der Waals surface area contributed by atoms with Gasteiger partial charge in [-0.05, 0) is 11.6 Å². The quantitative estimate of drug-likeness (QED) is 0.491. The lowest BCUT2D eigenvalue weighted by Crippen LogP contribution is -2.53. The van der Waals surface area contributed by atoms with Gasteiger partial charge in [-0.3, -0.25) is 4.57 Å². The molecule has 0 spiro atoms. The summed E-state index contributed by atoms with van der Waals surface area (Å²) in [7, 11) is 0. The van der Waals surface area contributed by atoms with Crippen LogP contribution in [-0.4, -0.2) is 54.0 Å². The third-order valence-corrected chi connectivity index (χ3v) is 3.53. The van der Waals surface area contributed by atoms with Crippen LogP contribution in [-0.2, 0) is 4.74 Å². The maximum atomic E-state index is 10.4. The van der Waals surface area contributed by atoms with Gasteiger partial charge in [-0.1, -0.05) is 5.92 Å². The number of aliphatic hydroxyl groups is 2. The molecule has 3 heterocycles. The number of aliphatic hydroxyl groups excluding tert-OH is 1. The van der Waals surface area contributed by atoms with E-state index in [9.17, 15) is 10.2 Å². The van der Waals surface area contributed by atoms with Crippen molar-refractivity contribution in [3.63, 3.8) is 0 Å². The lowest BCUT2D eigenvalue weighted by molar-refractivity contribution is -0.0447. The van der Waals surface area contributed by atoms with E-state index in [1.807, 2.05) is 0 Å². The van der Waals surface area contributed by atoms with Gasteiger partial charge in [-0.2, -0.15) is 4.98 Å². The van der Waals surface area contributed by atoms with Gasteiger partial charge >= 0.3 is 0 Å². The number of fused-ring (bicyclic) bond motifs is 1. The molecule has 0 aromatic carbocycles. The summed E-state index contributed by atoms with van der Waals surface area (Å²) in [4.78, 5) is 11.9. The minimum absolute atomic E-state index is 0.0251. The fourth-order valence-corrected chi connectivity index (χ4v) is 2.51. The molecule has 0 radical (unpaired) electrons. The van der Waals surface area contributed by atoms with E-state index in [-0.39, 0.29) is 11.6 Å². The molecular weight excluding hydrogens is 312 g/mol. The second kappa shape index (κ2) is 5.35. The van der Waals surface area contributed by atoms with Crippen LogP contribution in [0.1, 0.15) is 8.97 Å². The molecule has 1 fully saturated rings. The first-order valence-electron chi connectivity index (χ1n) is 7.11. The van der Waals surface area contributed by atoms with Crippen LogP contribution in [0.3, 0.4) is 0 Å². The van der Waals surface area contributed by atoms with Crippen LogP contribution in [0.4, 0.5) is 5.95 Å². The molecule has 2 aromatic heterocycles. The molecule has 3 rings (SSSR count). The van der Waals surface area contributed by atoms with Crippen molar-refractivity contribution < 1.29 is 17.7 Å². The number of ether oxygens (including phenoxy) is 1. The number of nitrogens with zero attached hydrogens (tertiary/aromatic N) is 4. The highest BCUT2D eigenvalue weighted by molar-refractivity contribution is 6.30.